The van der Waals surface area contributed by atoms with Crippen LogP contribution in [0.5, 0.6) is 0 Å². The van der Waals surface area contributed by atoms with Crippen LogP contribution in [0.15, 0.2) is 29.4 Å². The van der Waals surface area contributed by atoms with Gasteiger partial charge in [-0.3, -0.25) is 4.79 Å². The highest BCUT2D eigenvalue weighted by Crippen LogP contribution is 2.08. The molecule has 7 heteroatoms. The van der Waals surface area contributed by atoms with Crippen LogP contribution < -0.4 is 16.9 Å². The average Bonchev–Trinajstić information content (AvgIpc) is 2.25. The van der Waals surface area contributed by atoms with Crippen molar-refractivity contribution in [2.24, 2.45) is 16.6 Å². The summed E-state index contributed by atoms with van der Waals surface area (Å²) in [6, 6.07) is 5.73. The number of hydrazone groups is 1. The zero-order valence-electron chi connectivity index (χ0n) is 8.18. The van der Waals surface area contributed by atoms with Gasteiger partial charge in [0.15, 0.2) is 0 Å². The third-order valence-electron chi connectivity index (χ3n) is 1.69. The van der Waals surface area contributed by atoms with Crippen molar-refractivity contribution in [1.29, 1.82) is 0 Å². The summed E-state index contributed by atoms with van der Waals surface area (Å²) in [4.78, 5) is 22.3. The van der Waals surface area contributed by atoms with Gasteiger partial charge in [0, 0.05) is 0 Å². The van der Waals surface area contributed by atoms with Gasteiger partial charge in [-0.1, -0.05) is 12.1 Å². The van der Waals surface area contributed by atoms with Crippen LogP contribution in [0, 0.1) is 0 Å². The standard InChI is InChI=1S/C9H10N4O3/c10-9(11)13-12-7(14)5-3-1-2-4-6(5)8(15)16/h1-4H,(H,12,14)(H,15,16)(H4,10,11,13). The first kappa shape index (κ1) is 11.5. The Kier molecular flexibility index (Phi) is 3.44. The Balaban J connectivity index is 2.99. The predicted octanol–water partition coefficient (Wildman–Crippen LogP) is -0.697. The molecule has 0 fully saturated rings. The third-order valence-corrected chi connectivity index (χ3v) is 1.69. The van der Waals surface area contributed by atoms with Crippen LogP contribution >= 0.6 is 0 Å². The number of rotatable bonds is 3. The van der Waals surface area contributed by atoms with Gasteiger partial charge in [0.2, 0.25) is 5.96 Å². The molecule has 0 saturated carbocycles. The lowest BCUT2D eigenvalue weighted by atomic mass is 10.1. The van der Waals surface area contributed by atoms with Gasteiger partial charge in [-0.15, -0.1) is 5.10 Å². The Hall–Kier alpha value is -2.57. The predicted molar refractivity (Wildman–Crippen MR) is 56.7 cm³/mol. The molecular weight excluding hydrogens is 212 g/mol. The van der Waals surface area contributed by atoms with E-state index in [0.29, 0.717) is 0 Å². The van der Waals surface area contributed by atoms with Crippen molar-refractivity contribution in [1.82, 2.24) is 5.43 Å². The summed E-state index contributed by atoms with van der Waals surface area (Å²) in [5, 5.41) is 12.1. The molecule has 0 saturated heterocycles. The number of nitrogens with zero attached hydrogens (tertiary/aromatic N) is 1. The van der Waals surface area contributed by atoms with Crippen LogP contribution in [-0.2, 0) is 0 Å². The van der Waals surface area contributed by atoms with E-state index in [0.717, 1.165) is 0 Å². The monoisotopic (exact) mass is 222 g/mol. The van der Waals surface area contributed by atoms with Crippen molar-refractivity contribution >= 4 is 17.8 Å². The van der Waals surface area contributed by atoms with Crippen molar-refractivity contribution in [2.45, 2.75) is 0 Å². The van der Waals surface area contributed by atoms with E-state index in [4.69, 9.17) is 16.6 Å². The molecule has 0 aromatic heterocycles. The highest BCUT2D eigenvalue weighted by Gasteiger charge is 2.14. The second-order valence-electron chi connectivity index (χ2n) is 2.83. The summed E-state index contributed by atoms with van der Waals surface area (Å²) < 4.78 is 0. The summed E-state index contributed by atoms with van der Waals surface area (Å²) in [5.41, 5.74) is 11.9. The molecule has 0 spiro atoms. The van der Waals surface area contributed by atoms with Crippen molar-refractivity contribution in [3.8, 4) is 0 Å². The molecular formula is C9H10N4O3. The first-order valence-corrected chi connectivity index (χ1v) is 4.23. The minimum absolute atomic E-state index is 0.0139. The zero-order chi connectivity index (χ0) is 12.1. The number of carboxylic acid groups (broad SMARTS) is 1. The molecule has 0 aliphatic rings. The number of carbonyl (C=O) groups excluding carboxylic acids is 1. The van der Waals surface area contributed by atoms with Crippen molar-refractivity contribution < 1.29 is 14.7 Å². The topological polar surface area (TPSA) is 131 Å². The molecule has 0 unspecified atom stereocenters. The normalized spacial score (nSPS) is 9.25. The Labute approximate surface area is 90.7 Å². The van der Waals surface area contributed by atoms with Crippen LogP contribution in [0.25, 0.3) is 0 Å². The van der Waals surface area contributed by atoms with Crippen LogP contribution in [-0.4, -0.2) is 22.9 Å². The van der Waals surface area contributed by atoms with E-state index >= 15 is 0 Å². The number of benzene rings is 1. The van der Waals surface area contributed by atoms with Crippen LogP contribution in [0.2, 0.25) is 0 Å². The Bertz CT molecular complexity index is 452. The van der Waals surface area contributed by atoms with Gasteiger partial charge in [-0.05, 0) is 12.1 Å². The molecule has 0 radical (unpaired) electrons. The van der Waals surface area contributed by atoms with E-state index in [1.165, 1.54) is 24.3 Å². The van der Waals surface area contributed by atoms with Crippen LogP contribution in [0.4, 0.5) is 0 Å². The van der Waals surface area contributed by atoms with Gasteiger partial charge in [-0.2, -0.15) is 0 Å². The first-order chi connectivity index (χ1) is 7.52. The molecule has 1 amide bonds. The Morgan fingerprint density at radius 1 is 1.19 bits per heavy atom. The molecule has 1 aromatic rings. The molecule has 6 N–H and O–H groups in total. The molecule has 0 bridgehead atoms. The fraction of sp³-hybridized carbons (Fsp3) is 0. The van der Waals surface area contributed by atoms with Gasteiger partial charge in [0.25, 0.3) is 5.91 Å². The number of hydrogen-bond donors (Lipinski definition) is 4. The fourth-order valence-electron chi connectivity index (χ4n) is 1.04. The number of carboxylic acids is 1. The highest BCUT2D eigenvalue weighted by molar-refractivity contribution is 6.04. The number of nitrogens with two attached hydrogens (primary N) is 2. The van der Waals surface area contributed by atoms with E-state index in [1.807, 2.05) is 5.43 Å². The highest BCUT2D eigenvalue weighted by atomic mass is 16.4. The first-order valence-electron chi connectivity index (χ1n) is 4.23. The van der Waals surface area contributed by atoms with Gasteiger partial charge >= 0.3 is 5.97 Å². The number of nitrogens with one attached hydrogen (secondary N) is 1. The largest absolute Gasteiger partial charge is 0.478 e. The molecule has 0 aliphatic carbocycles. The van der Waals surface area contributed by atoms with Crippen molar-refractivity contribution in [3.63, 3.8) is 0 Å². The molecule has 84 valence electrons. The molecule has 7 nitrogen and oxygen atoms in total. The summed E-state index contributed by atoms with van der Waals surface area (Å²) in [6.07, 6.45) is 0. The molecule has 0 heterocycles. The molecule has 0 aliphatic heterocycles. The zero-order valence-corrected chi connectivity index (χ0v) is 8.18. The number of guanidine groups is 1. The molecule has 1 aromatic carbocycles. The van der Waals surface area contributed by atoms with Gasteiger partial charge in [0.1, 0.15) is 0 Å². The number of hydrogen-bond acceptors (Lipinski definition) is 3. The van der Waals surface area contributed by atoms with E-state index in [9.17, 15) is 9.59 Å². The number of amides is 1. The molecule has 16 heavy (non-hydrogen) atoms. The van der Waals surface area contributed by atoms with Crippen LogP contribution in [0.3, 0.4) is 0 Å². The second kappa shape index (κ2) is 4.78. The van der Waals surface area contributed by atoms with Gasteiger partial charge in [0.05, 0.1) is 11.1 Å². The van der Waals surface area contributed by atoms with Crippen molar-refractivity contribution in [2.75, 3.05) is 0 Å². The summed E-state index contributed by atoms with van der Waals surface area (Å²) >= 11 is 0. The maximum atomic E-state index is 11.5. The van der Waals surface area contributed by atoms with Crippen molar-refractivity contribution in [3.05, 3.63) is 35.4 Å². The SMILES string of the molecule is NC(N)=NNC(=O)c1ccccc1C(=O)O. The van der Waals surface area contributed by atoms with E-state index in [2.05, 4.69) is 5.10 Å². The minimum Gasteiger partial charge on any atom is -0.478 e. The lowest BCUT2D eigenvalue weighted by molar-refractivity contribution is 0.0691. The summed E-state index contributed by atoms with van der Waals surface area (Å²) in [7, 11) is 0. The minimum atomic E-state index is -1.20. The number of aromatic carboxylic acids is 1. The third kappa shape index (κ3) is 2.71. The lowest BCUT2D eigenvalue weighted by Crippen LogP contribution is -2.29. The molecule has 1 rings (SSSR count). The maximum absolute atomic E-state index is 11.5. The second-order valence-corrected chi connectivity index (χ2v) is 2.83. The molecule has 0 atom stereocenters. The van der Waals surface area contributed by atoms with E-state index < -0.39 is 11.9 Å². The van der Waals surface area contributed by atoms with Crippen LogP contribution in [0.1, 0.15) is 20.7 Å². The summed E-state index contributed by atoms with van der Waals surface area (Å²) in [5.74, 6) is -2.21. The quantitative estimate of drug-likeness (QED) is 0.305. The number of carbonyl (C=O) groups is 2. The van der Waals surface area contributed by atoms with E-state index in [1.54, 1.807) is 0 Å². The fourth-order valence-corrected chi connectivity index (χ4v) is 1.04. The van der Waals surface area contributed by atoms with E-state index in [-0.39, 0.29) is 17.1 Å². The average molecular weight is 222 g/mol. The Morgan fingerprint density at radius 3 is 2.25 bits per heavy atom. The lowest BCUT2D eigenvalue weighted by Gasteiger charge is -2.03. The van der Waals surface area contributed by atoms with Gasteiger partial charge < -0.3 is 16.6 Å². The van der Waals surface area contributed by atoms with Gasteiger partial charge in [-0.25, -0.2) is 10.2 Å². The smallest absolute Gasteiger partial charge is 0.336 e. The maximum Gasteiger partial charge on any atom is 0.336 e. The Morgan fingerprint density at radius 2 is 1.75 bits per heavy atom. The summed E-state index contributed by atoms with van der Waals surface area (Å²) in [6.45, 7) is 0.